The summed E-state index contributed by atoms with van der Waals surface area (Å²) in [5.41, 5.74) is 0. The lowest BCUT2D eigenvalue weighted by Crippen LogP contribution is -2.49. The third kappa shape index (κ3) is 3.41. The van der Waals surface area contributed by atoms with E-state index in [-0.39, 0.29) is 17.4 Å². The lowest BCUT2D eigenvalue weighted by Gasteiger charge is -2.34. The van der Waals surface area contributed by atoms with Gasteiger partial charge in [0.15, 0.2) is 0 Å². The van der Waals surface area contributed by atoms with Crippen LogP contribution in [0.2, 0.25) is 5.02 Å². The summed E-state index contributed by atoms with van der Waals surface area (Å²) in [4.78, 5) is 11.4. The Bertz CT molecular complexity index is 664. The summed E-state index contributed by atoms with van der Waals surface area (Å²) in [6.07, 6.45) is 0.973. The van der Waals surface area contributed by atoms with Crippen LogP contribution in [0.1, 0.15) is 19.8 Å². The molecule has 0 amide bonds. The van der Waals surface area contributed by atoms with Crippen molar-refractivity contribution < 1.29 is 18.3 Å². The molecular formula is C13H15BrClNO4S. The number of sulfonamides is 1. The predicted octanol–water partition coefficient (Wildman–Crippen LogP) is 2.98. The van der Waals surface area contributed by atoms with Crippen molar-refractivity contribution >= 4 is 43.5 Å². The summed E-state index contributed by atoms with van der Waals surface area (Å²) in [6.45, 7) is 2.14. The molecule has 1 aromatic rings. The number of carboxylic acid groups (broad SMARTS) is 1. The summed E-state index contributed by atoms with van der Waals surface area (Å²) >= 11 is 9.05. The highest BCUT2D eigenvalue weighted by molar-refractivity contribution is 9.10. The molecule has 2 unspecified atom stereocenters. The van der Waals surface area contributed by atoms with Crippen molar-refractivity contribution in [1.82, 2.24) is 4.31 Å². The van der Waals surface area contributed by atoms with E-state index in [0.717, 1.165) is 4.31 Å². The lowest BCUT2D eigenvalue weighted by molar-refractivity contribution is -0.143. The maximum absolute atomic E-state index is 12.7. The van der Waals surface area contributed by atoms with Crippen molar-refractivity contribution in [3.63, 3.8) is 0 Å². The molecule has 2 atom stereocenters. The van der Waals surface area contributed by atoms with E-state index in [0.29, 0.717) is 22.3 Å². The van der Waals surface area contributed by atoms with Gasteiger partial charge in [-0.15, -0.1) is 0 Å². The number of aliphatic carboxylic acids is 1. The minimum Gasteiger partial charge on any atom is -0.480 e. The van der Waals surface area contributed by atoms with Gasteiger partial charge in [0.2, 0.25) is 10.0 Å². The third-order valence-corrected chi connectivity index (χ3v) is 6.72. The topological polar surface area (TPSA) is 74.7 Å². The van der Waals surface area contributed by atoms with Crippen LogP contribution >= 0.6 is 27.5 Å². The minimum atomic E-state index is -3.86. The second-order valence-corrected chi connectivity index (χ2v) is 8.33. The van der Waals surface area contributed by atoms with E-state index in [9.17, 15) is 18.3 Å². The van der Waals surface area contributed by atoms with E-state index in [4.69, 9.17) is 11.6 Å². The molecule has 2 rings (SSSR count). The molecule has 1 saturated heterocycles. The molecule has 0 aliphatic carbocycles. The van der Waals surface area contributed by atoms with Crippen molar-refractivity contribution in [2.24, 2.45) is 5.92 Å². The van der Waals surface area contributed by atoms with Crippen LogP contribution in [-0.4, -0.2) is 36.4 Å². The zero-order chi connectivity index (χ0) is 15.8. The molecule has 116 valence electrons. The van der Waals surface area contributed by atoms with E-state index in [1.165, 1.54) is 18.2 Å². The maximum atomic E-state index is 12.7. The average Bonchev–Trinajstić information content (AvgIpc) is 2.41. The van der Waals surface area contributed by atoms with Crippen LogP contribution in [0.4, 0.5) is 0 Å². The Kier molecular flexibility index (Phi) is 4.97. The van der Waals surface area contributed by atoms with Gasteiger partial charge in [0.25, 0.3) is 0 Å². The van der Waals surface area contributed by atoms with Gasteiger partial charge in [-0.25, -0.2) is 8.42 Å². The van der Waals surface area contributed by atoms with E-state index < -0.39 is 22.0 Å². The molecule has 0 bridgehead atoms. The smallest absolute Gasteiger partial charge is 0.322 e. The van der Waals surface area contributed by atoms with Crippen molar-refractivity contribution in [1.29, 1.82) is 0 Å². The molecule has 0 radical (unpaired) electrons. The zero-order valence-electron chi connectivity index (χ0n) is 11.3. The molecule has 1 aromatic carbocycles. The minimum absolute atomic E-state index is 0.0413. The molecule has 1 fully saturated rings. The van der Waals surface area contributed by atoms with Crippen molar-refractivity contribution in [3.8, 4) is 0 Å². The first kappa shape index (κ1) is 16.7. The first-order valence-corrected chi connectivity index (χ1v) is 9.04. The first-order chi connectivity index (χ1) is 9.73. The Hall–Kier alpha value is -0.630. The third-order valence-electron chi connectivity index (χ3n) is 3.60. The van der Waals surface area contributed by atoms with Gasteiger partial charge in [-0.1, -0.05) is 18.5 Å². The standard InChI is InChI=1S/C13H15BrClNO4S/c1-8-4-5-16(12(6-8)13(17)18)21(19,20)9-2-3-11(15)10(14)7-9/h2-3,7-8,12H,4-6H2,1H3,(H,17,18). The summed E-state index contributed by atoms with van der Waals surface area (Å²) in [7, 11) is -3.86. The van der Waals surface area contributed by atoms with Gasteiger partial charge in [-0.05, 0) is 52.9 Å². The van der Waals surface area contributed by atoms with E-state index in [2.05, 4.69) is 15.9 Å². The zero-order valence-corrected chi connectivity index (χ0v) is 14.4. The van der Waals surface area contributed by atoms with E-state index >= 15 is 0 Å². The number of piperidine rings is 1. The molecule has 8 heteroatoms. The van der Waals surface area contributed by atoms with E-state index in [1.54, 1.807) is 0 Å². The monoisotopic (exact) mass is 395 g/mol. The molecule has 0 spiro atoms. The summed E-state index contributed by atoms with van der Waals surface area (Å²) < 4.78 is 26.9. The Morgan fingerprint density at radius 2 is 2.14 bits per heavy atom. The van der Waals surface area contributed by atoms with Crippen LogP contribution in [0.5, 0.6) is 0 Å². The lowest BCUT2D eigenvalue weighted by atomic mass is 9.94. The highest BCUT2D eigenvalue weighted by Gasteiger charge is 2.39. The highest BCUT2D eigenvalue weighted by atomic mass is 79.9. The van der Waals surface area contributed by atoms with Gasteiger partial charge in [-0.3, -0.25) is 4.79 Å². The molecule has 0 aromatic heterocycles. The van der Waals surface area contributed by atoms with Gasteiger partial charge in [0, 0.05) is 11.0 Å². The largest absolute Gasteiger partial charge is 0.480 e. The fourth-order valence-corrected chi connectivity index (χ4v) is 4.69. The van der Waals surface area contributed by atoms with Gasteiger partial charge >= 0.3 is 5.97 Å². The fourth-order valence-electron chi connectivity index (χ4n) is 2.40. The number of nitrogens with zero attached hydrogens (tertiary/aromatic N) is 1. The van der Waals surface area contributed by atoms with Gasteiger partial charge in [-0.2, -0.15) is 4.31 Å². The highest BCUT2D eigenvalue weighted by Crippen LogP contribution is 2.31. The van der Waals surface area contributed by atoms with Crippen LogP contribution in [0.25, 0.3) is 0 Å². The molecule has 21 heavy (non-hydrogen) atoms. The molecule has 5 nitrogen and oxygen atoms in total. The first-order valence-electron chi connectivity index (χ1n) is 6.43. The Balaban J connectivity index is 2.41. The number of rotatable bonds is 3. The Labute approximate surface area is 137 Å². The molecule has 1 heterocycles. The molecule has 1 aliphatic heterocycles. The van der Waals surface area contributed by atoms with Crippen LogP contribution < -0.4 is 0 Å². The van der Waals surface area contributed by atoms with Crippen LogP contribution in [0.3, 0.4) is 0 Å². The SMILES string of the molecule is CC1CCN(S(=O)(=O)c2ccc(Cl)c(Br)c2)C(C(=O)O)C1. The van der Waals surface area contributed by atoms with Crippen LogP contribution in [0, 0.1) is 5.92 Å². The van der Waals surface area contributed by atoms with Gasteiger partial charge < -0.3 is 5.11 Å². The van der Waals surface area contributed by atoms with Crippen LogP contribution in [0.15, 0.2) is 27.6 Å². The number of carboxylic acids is 1. The number of hydrogen-bond acceptors (Lipinski definition) is 3. The summed E-state index contributed by atoms with van der Waals surface area (Å²) in [5, 5.41) is 9.70. The van der Waals surface area contributed by atoms with Gasteiger partial charge in [0.1, 0.15) is 6.04 Å². The Morgan fingerprint density at radius 3 is 2.71 bits per heavy atom. The van der Waals surface area contributed by atoms with E-state index in [1.807, 2.05) is 6.92 Å². The normalized spacial score (nSPS) is 24.0. The number of benzene rings is 1. The predicted molar refractivity (Wildman–Crippen MR) is 82.9 cm³/mol. The second kappa shape index (κ2) is 6.24. The summed E-state index contributed by atoms with van der Waals surface area (Å²) in [5.74, 6) is -0.923. The number of halogens is 2. The quantitative estimate of drug-likeness (QED) is 0.852. The molecular weight excluding hydrogens is 382 g/mol. The number of hydrogen-bond donors (Lipinski definition) is 1. The fraction of sp³-hybridized carbons (Fsp3) is 0.462. The summed E-state index contributed by atoms with van der Waals surface area (Å²) in [6, 6.07) is 3.24. The van der Waals surface area contributed by atoms with Crippen molar-refractivity contribution in [2.45, 2.75) is 30.7 Å². The maximum Gasteiger partial charge on any atom is 0.322 e. The molecule has 1 N–H and O–H groups in total. The Morgan fingerprint density at radius 1 is 1.48 bits per heavy atom. The number of carbonyl (C=O) groups is 1. The van der Waals surface area contributed by atoms with Crippen molar-refractivity contribution in [3.05, 3.63) is 27.7 Å². The molecule has 1 aliphatic rings. The van der Waals surface area contributed by atoms with Crippen LogP contribution in [-0.2, 0) is 14.8 Å². The molecule has 0 saturated carbocycles. The van der Waals surface area contributed by atoms with Gasteiger partial charge in [0.05, 0.1) is 9.92 Å². The average molecular weight is 397 g/mol. The van der Waals surface area contributed by atoms with Crippen molar-refractivity contribution in [2.75, 3.05) is 6.54 Å². The second-order valence-electron chi connectivity index (χ2n) is 5.18.